The predicted octanol–water partition coefficient (Wildman–Crippen LogP) is 5.36. The van der Waals surface area contributed by atoms with Gasteiger partial charge in [0.15, 0.2) is 0 Å². The third kappa shape index (κ3) is 3.87. The van der Waals surface area contributed by atoms with E-state index in [1.165, 1.54) is 27.8 Å². The molecule has 0 aromatic heterocycles. The van der Waals surface area contributed by atoms with Gasteiger partial charge >= 0.3 is 6.09 Å². The van der Waals surface area contributed by atoms with Crippen LogP contribution < -0.4 is 5.32 Å². The Morgan fingerprint density at radius 2 is 1.94 bits per heavy atom. The third-order valence-corrected chi connectivity index (χ3v) is 7.71. The first-order chi connectivity index (χ1) is 14.9. The topological polar surface area (TPSA) is 41.6 Å². The van der Waals surface area contributed by atoms with Crippen LogP contribution in [0.3, 0.4) is 0 Å². The van der Waals surface area contributed by atoms with Crippen LogP contribution in [0.15, 0.2) is 42.5 Å². The lowest BCUT2D eigenvalue weighted by Gasteiger charge is -2.44. The van der Waals surface area contributed by atoms with Crippen molar-refractivity contribution in [1.29, 1.82) is 0 Å². The van der Waals surface area contributed by atoms with E-state index in [1.807, 2.05) is 0 Å². The van der Waals surface area contributed by atoms with Gasteiger partial charge in [-0.15, -0.1) is 0 Å². The van der Waals surface area contributed by atoms with Crippen molar-refractivity contribution >= 4 is 6.09 Å². The number of hydrogen-bond acceptors (Lipinski definition) is 3. The molecule has 0 spiro atoms. The number of aryl methyl sites for hydroxylation is 1. The Morgan fingerprint density at radius 1 is 1.16 bits per heavy atom. The van der Waals surface area contributed by atoms with Crippen LogP contribution in [0, 0.1) is 11.3 Å². The minimum Gasteiger partial charge on any atom is -0.445 e. The minimum atomic E-state index is -0.259. The fourth-order valence-electron chi connectivity index (χ4n) is 5.94. The van der Waals surface area contributed by atoms with Crippen molar-refractivity contribution < 1.29 is 9.53 Å². The second kappa shape index (κ2) is 7.98. The van der Waals surface area contributed by atoms with Crippen molar-refractivity contribution in [3.05, 3.63) is 59.2 Å². The first-order valence-electron chi connectivity index (χ1n) is 11.8. The number of rotatable bonds is 4. The molecular weight excluding hydrogens is 384 g/mol. The molecule has 3 heterocycles. The van der Waals surface area contributed by atoms with Crippen molar-refractivity contribution in [2.45, 2.75) is 58.6 Å². The predicted molar refractivity (Wildman–Crippen MR) is 124 cm³/mol. The van der Waals surface area contributed by atoms with Gasteiger partial charge in [-0.25, -0.2) is 4.79 Å². The largest absolute Gasteiger partial charge is 0.445 e. The summed E-state index contributed by atoms with van der Waals surface area (Å²) in [5.74, 6) is 0.529. The van der Waals surface area contributed by atoms with E-state index in [0.717, 1.165) is 45.3 Å². The van der Waals surface area contributed by atoms with E-state index in [0.29, 0.717) is 5.92 Å². The normalized spacial score (nSPS) is 28.2. The van der Waals surface area contributed by atoms with Gasteiger partial charge in [0.25, 0.3) is 0 Å². The first-order valence-corrected chi connectivity index (χ1v) is 11.8. The van der Waals surface area contributed by atoms with Crippen LogP contribution in [-0.4, -0.2) is 36.7 Å². The van der Waals surface area contributed by atoms with E-state index in [4.69, 9.17) is 4.74 Å². The fourth-order valence-corrected chi connectivity index (χ4v) is 5.94. The Kier molecular flexibility index (Phi) is 5.29. The monoisotopic (exact) mass is 418 g/mol. The molecule has 1 aliphatic carbocycles. The average molecular weight is 419 g/mol. The lowest BCUT2D eigenvalue weighted by Crippen LogP contribution is -2.53. The molecule has 3 saturated heterocycles. The van der Waals surface area contributed by atoms with Crippen LogP contribution >= 0.6 is 0 Å². The molecule has 2 bridgehead atoms. The summed E-state index contributed by atoms with van der Waals surface area (Å²) in [6.45, 7) is 9.88. The van der Waals surface area contributed by atoms with Crippen LogP contribution in [-0.2, 0) is 17.6 Å². The highest BCUT2D eigenvalue weighted by atomic mass is 16.6. The molecule has 164 valence electrons. The zero-order chi connectivity index (χ0) is 21.6. The number of amides is 1. The van der Waals surface area contributed by atoms with Crippen molar-refractivity contribution in [2.24, 2.45) is 11.3 Å². The number of nitrogens with one attached hydrogen (secondary N) is 1. The SMILES string of the molecule is CCc1ccccc1-c1ccc2c(c1)CC(C)(C)C2NC(=O)O[C@H]1CN2CCC1CC2. The zero-order valence-corrected chi connectivity index (χ0v) is 19.0. The van der Waals surface area contributed by atoms with Crippen LogP contribution in [0.2, 0.25) is 0 Å². The number of fused-ring (bicyclic) bond motifs is 4. The smallest absolute Gasteiger partial charge is 0.407 e. The van der Waals surface area contributed by atoms with Crippen LogP contribution in [0.5, 0.6) is 0 Å². The number of carbonyl (C=O) groups is 1. The van der Waals surface area contributed by atoms with Gasteiger partial charge in [-0.1, -0.05) is 63.2 Å². The standard InChI is InChI=1S/C27H34N2O2/c1-4-18-7-5-6-8-22(18)20-9-10-23-21(15-20)16-27(2,3)25(23)28-26(30)31-24-17-29-13-11-19(24)12-14-29/h5-10,15,19,24-25H,4,11-14,16-17H2,1-3H3,(H,28,30)/t24-,25?/m0/s1. The molecule has 6 rings (SSSR count). The van der Waals surface area contributed by atoms with E-state index < -0.39 is 0 Å². The van der Waals surface area contributed by atoms with Crippen molar-refractivity contribution in [2.75, 3.05) is 19.6 Å². The second-order valence-electron chi connectivity index (χ2n) is 10.2. The van der Waals surface area contributed by atoms with Gasteiger partial charge in [0.1, 0.15) is 6.10 Å². The molecule has 2 aromatic carbocycles. The summed E-state index contributed by atoms with van der Waals surface area (Å²) >= 11 is 0. The molecule has 2 aromatic rings. The van der Waals surface area contributed by atoms with Crippen LogP contribution in [0.4, 0.5) is 4.79 Å². The molecule has 1 amide bonds. The number of ether oxygens (including phenoxy) is 1. The summed E-state index contributed by atoms with van der Waals surface area (Å²) < 4.78 is 5.93. The third-order valence-electron chi connectivity index (χ3n) is 7.71. The highest BCUT2D eigenvalue weighted by molar-refractivity contribution is 5.71. The fraction of sp³-hybridized carbons (Fsp3) is 0.519. The minimum absolute atomic E-state index is 0.0217. The maximum atomic E-state index is 12.9. The zero-order valence-electron chi connectivity index (χ0n) is 19.0. The lowest BCUT2D eigenvalue weighted by molar-refractivity contribution is -0.0348. The Morgan fingerprint density at radius 3 is 2.65 bits per heavy atom. The maximum absolute atomic E-state index is 12.9. The summed E-state index contributed by atoms with van der Waals surface area (Å²) in [6.07, 6.45) is 4.06. The molecule has 4 nitrogen and oxygen atoms in total. The number of benzene rings is 2. The summed E-state index contributed by atoms with van der Waals surface area (Å²) in [6, 6.07) is 15.4. The number of carbonyl (C=O) groups excluding carboxylic acids is 1. The molecular formula is C27H34N2O2. The Hall–Kier alpha value is -2.33. The first kappa shape index (κ1) is 20.6. The van der Waals surface area contributed by atoms with Crippen molar-refractivity contribution in [1.82, 2.24) is 10.2 Å². The molecule has 1 unspecified atom stereocenters. The molecule has 31 heavy (non-hydrogen) atoms. The lowest BCUT2D eigenvalue weighted by atomic mass is 9.85. The summed E-state index contributed by atoms with van der Waals surface area (Å²) in [7, 11) is 0. The van der Waals surface area contributed by atoms with Crippen molar-refractivity contribution in [3.63, 3.8) is 0 Å². The molecule has 3 fully saturated rings. The van der Waals surface area contributed by atoms with Gasteiger partial charge in [-0.05, 0) is 77.9 Å². The Bertz CT molecular complexity index is 975. The van der Waals surface area contributed by atoms with E-state index in [2.05, 4.69) is 73.5 Å². The highest BCUT2D eigenvalue weighted by Crippen LogP contribution is 2.46. The number of piperidine rings is 3. The second-order valence-corrected chi connectivity index (χ2v) is 10.2. The highest BCUT2D eigenvalue weighted by Gasteiger charge is 2.42. The Labute approximate surface area is 186 Å². The van der Waals surface area contributed by atoms with Gasteiger partial charge in [0.05, 0.1) is 6.04 Å². The van der Waals surface area contributed by atoms with Gasteiger partial charge in [0, 0.05) is 6.54 Å². The van der Waals surface area contributed by atoms with Gasteiger partial charge in [-0.3, -0.25) is 4.90 Å². The molecule has 2 atom stereocenters. The molecule has 0 saturated carbocycles. The molecule has 0 radical (unpaired) electrons. The Balaban J connectivity index is 1.34. The van der Waals surface area contributed by atoms with Gasteiger partial charge in [0.2, 0.25) is 0 Å². The maximum Gasteiger partial charge on any atom is 0.407 e. The van der Waals surface area contributed by atoms with Crippen molar-refractivity contribution in [3.8, 4) is 11.1 Å². The van der Waals surface area contributed by atoms with Crippen LogP contribution in [0.25, 0.3) is 11.1 Å². The van der Waals surface area contributed by atoms with Crippen LogP contribution in [0.1, 0.15) is 56.3 Å². The molecule has 3 aliphatic heterocycles. The van der Waals surface area contributed by atoms with E-state index in [9.17, 15) is 4.79 Å². The number of hydrogen-bond donors (Lipinski definition) is 1. The number of nitrogens with zero attached hydrogens (tertiary/aromatic N) is 1. The van der Waals surface area contributed by atoms with E-state index >= 15 is 0 Å². The van der Waals surface area contributed by atoms with Gasteiger partial charge < -0.3 is 10.1 Å². The molecule has 4 aliphatic rings. The number of alkyl carbamates (subject to hydrolysis) is 1. The average Bonchev–Trinajstić information content (AvgIpc) is 3.03. The quantitative estimate of drug-likeness (QED) is 0.727. The summed E-state index contributed by atoms with van der Waals surface area (Å²) in [5, 5.41) is 3.23. The molecule has 1 N–H and O–H groups in total. The van der Waals surface area contributed by atoms with E-state index in [1.54, 1.807) is 0 Å². The summed E-state index contributed by atoms with van der Waals surface area (Å²) in [5.41, 5.74) is 6.47. The molecule has 4 heteroatoms. The van der Waals surface area contributed by atoms with Gasteiger partial charge in [-0.2, -0.15) is 0 Å². The summed E-state index contributed by atoms with van der Waals surface area (Å²) in [4.78, 5) is 15.3. The van der Waals surface area contributed by atoms with E-state index in [-0.39, 0.29) is 23.7 Å².